The zero-order valence-electron chi connectivity index (χ0n) is 15.4. The van der Waals surface area contributed by atoms with Crippen LogP contribution in [0.4, 0.5) is 0 Å². The van der Waals surface area contributed by atoms with Gasteiger partial charge in [-0.2, -0.15) is 0 Å². The Bertz CT molecular complexity index is 1020. The summed E-state index contributed by atoms with van der Waals surface area (Å²) in [6.45, 7) is 1.65. The van der Waals surface area contributed by atoms with Gasteiger partial charge in [0.05, 0.1) is 19.1 Å². The van der Waals surface area contributed by atoms with Gasteiger partial charge >= 0.3 is 11.9 Å². The number of carbonyl (C=O) groups excluding carboxylic acids is 2. The molecule has 0 fully saturated rings. The fourth-order valence-corrected chi connectivity index (χ4v) is 2.99. The van der Waals surface area contributed by atoms with Crippen LogP contribution in [0, 0.1) is 6.92 Å². The summed E-state index contributed by atoms with van der Waals surface area (Å²) in [5.41, 5.74) is 0.778. The van der Waals surface area contributed by atoms with Crippen molar-refractivity contribution in [3.8, 4) is 22.3 Å². The van der Waals surface area contributed by atoms with Gasteiger partial charge in [0.2, 0.25) is 5.89 Å². The second-order valence-corrected chi connectivity index (χ2v) is 6.51. The monoisotopic (exact) mass is 399 g/mol. The number of esters is 2. The molecule has 0 saturated heterocycles. The molecule has 0 bridgehead atoms. The summed E-state index contributed by atoms with van der Waals surface area (Å²) >= 11 is 1.46. The Kier molecular flexibility index (Phi) is 5.90. The summed E-state index contributed by atoms with van der Waals surface area (Å²) in [6.07, 6.45) is 2.85. The minimum atomic E-state index is -0.653. The van der Waals surface area contributed by atoms with Crippen LogP contribution < -0.4 is 9.47 Å². The number of benzene rings is 1. The first kappa shape index (κ1) is 19.4. The van der Waals surface area contributed by atoms with Crippen LogP contribution in [0.2, 0.25) is 0 Å². The third-order valence-corrected chi connectivity index (χ3v) is 4.58. The van der Waals surface area contributed by atoms with Crippen molar-refractivity contribution >= 4 is 29.4 Å². The van der Waals surface area contributed by atoms with Crippen molar-refractivity contribution in [2.45, 2.75) is 6.92 Å². The summed E-state index contributed by atoms with van der Waals surface area (Å²) in [5.74, 6) is 0.167. The highest BCUT2D eigenvalue weighted by Crippen LogP contribution is 2.31. The van der Waals surface area contributed by atoms with Crippen molar-refractivity contribution in [1.29, 1.82) is 0 Å². The molecule has 0 spiro atoms. The van der Waals surface area contributed by atoms with Gasteiger partial charge in [-0.15, -0.1) is 11.3 Å². The van der Waals surface area contributed by atoms with Crippen molar-refractivity contribution < 1.29 is 28.2 Å². The normalized spacial score (nSPS) is 10.8. The Morgan fingerprint density at radius 3 is 2.68 bits per heavy atom. The summed E-state index contributed by atoms with van der Waals surface area (Å²) < 4.78 is 20.8. The first-order valence-corrected chi connectivity index (χ1v) is 9.07. The van der Waals surface area contributed by atoms with Crippen LogP contribution in [-0.4, -0.2) is 31.1 Å². The maximum atomic E-state index is 12.6. The van der Waals surface area contributed by atoms with E-state index in [2.05, 4.69) is 9.72 Å². The fourth-order valence-electron chi connectivity index (χ4n) is 2.34. The summed E-state index contributed by atoms with van der Waals surface area (Å²) in [4.78, 5) is 28.8. The SMILES string of the molecule is COC(=O)C=Cc1ccc(OC(=O)c2nc(-c3cccs3)oc2C)c(OC)c1. The number of aryl methyl sites for hydroxylation is 1. The molecule has 0 radical (unpaired) electrons. The third kappa shape index (κ3) is 4.29. The number of hydrogen-bond acceptors (Lipinski definition) is 8. The van der Waals surface area contributed by atoms with E-state index in [1.165, 1.54) is 31.6 Å². The van der Waals surface area contributed by atoms with Crippen LogP contribution in [0.15, 0.2) is 46.2 Å². The zero-order chi connectivity index (χ0) is 20.1. The number of thiophene rings is 1. The number of oxazole rings is 1. The van der Waals surface area contributed by atoms with Gasteiger partial charge in [0, 0.05) is 6.08 Å². The molecule has 1 aromatic carbocycles. The average molecular weight is 399 g/mol. The second kappa shape index (κ2) is 8.53. The molecule has 28 heavy (non-hydrogen) atoms. The first-order valence-electron chi connectivity index (χ1n) is 8.19. The standard InChI is InChI=1S/C20H17NO6S/c1-12-18(21-19(26-12)16-5-4-10-28-16)20(23)27-14-8-6-13(11-15(14)24-2)7-9-17(22)25-3/h4-11H,1-3H3. The molecule has 3 rings (SSSR count). The van der Waals surface area contributed by atoms with E-state index in [0.717, 1.165) is 4.88 Å². The van der Waals surface area contributed by atoms with E-state index in [-0.39, 0.29) is 11.4 Å². The van der Waals surface area contributed by atoms with E-state index in [4.69, 9.17) is 13.9 Å². The number of aromatic nitrogens is 1. The molecule has 0 unspecified atom stereocenters. The van der Waals surface area contributed by atoms with E-state index in [9.17, 15) is 9.59 Å². The highest BCUT2D eigenvalue weighted by atomic mass is 32.1. The van der Waals surface area contributed by atoms with Gasteiger partial charge in [0.25, 0.3) is 0 Å². The number of nitrogens with zero attached hydrogens (tertiary/aromatic N) is 1. The minimum Gasteiger partial charge on any atom is -0.493 e. The molecule has 0 amide bonds. The molecule has 8 heteroatoms. The van der Waals surface area contributed by atoms with Crippen LogP contribution in [-0.2, 0) is 9.53 Å². The maximum absolute atomic E-state index is 12.6. The van der Waals surface area contributed by atoms with Gasteiger partial charge in [0.1, 0.15) is 5.76 Å². The second-order valence-electron chi connectivity index (χ2n) is 5.56. The van der Waals surface area contributed by atoms with Crippen molar-refractivity contribution in [1.82, 2.24) is 4.98 Å². The van der Waals surface area contributed by atoms with Gasteiger partial charge in [-0.1, -0.05) is 12.1 Å². The van der Waals surface area contributed by atoms with E-state index < -0.39 is 11.9 Å². The molecule has 0 N–H and O–H groups in total. The minimum absolute atomic E-state index is 0.0973. The van der Waals surface area contributed by atoms with Crippen molar-refractivity contribution in [3.05, 3.63) is 58.8 Å². The highest BCUT2D eigenvalue weighted by molar-refractivity contribution is 7.13. The molecule has 2 aromatic heterocycles. The van der Waals surface area contributed by atoms with Crippen LogP contribution >= 0.6 is 11.3 Å². The number of ether oxygens (including phenoxy) is 3. The van der Waals surface area contributed by atoms with Crippen LogP contribution in [0.25, 0.3) is 16.8 Å². The molecular weight excluding hydrogens is 382 g/mol. The Balaban J connectivity index is 1.80. The molecule has 0 aliphatic heterocycles. The van der Waals surface area contributed by atoms with Crippen molar-refractivity contribution in [2.75, 3.05) is 14.2 Å². The lowest BCUT2D eigenvalue weighted by atomic mass is 10.2. The van der Waals surface area contributed by atoms with E-state index >= 15 is 0 Å². The Labute approximate surface area is 165 Å². The number of methoxy groups -OCH3 is 2. The van der Waals surface area contributed by atoms with Crippen LogP contribution in [0.3, 0.4) is 0 Å². The summed E-state index contributed by atoms with van der Waals surface area (Å²) in [5, 5.41) is 1.90. The third-order valence-electron chi connectivity index (χ3n) is 3.73. The number of hydrogen-bond donors (Lipinski definition) is 0. The molecule has 144 valence electrons. The molecular formula is C20H17NO6S. The lowest BCUT2D eigenvalue weighted by Gasteiger charge is -2.09. The van der Waals surface area contributed by atoms with Gasteiger partial charge in [0.15, 0.2) is 17.2 Å². The highest BCUT2D eigenvalue weighted by Gasteiger charge is 2.21. The summed E-state index contributed by atoms with van der Waals surface area (Å²) in [7, 11) is 2.75. The molecule has 0 saturated carbocycles. The van der Waals surface area contributed by atoms with Crippen LogP contribution in [0.5, 0.6) is 11.5 Å². The van der Waals surface area contributed by atoms with E-state index in [1.54, 1.807) is 31.2 Å². The van der Waals surface area contributed by atoms with E-state index in [1.807, 2.05) is 17.5 Å². The zero-order valence-corrected chi connectivity index (χ0v) is 16.2. The van der Waals surface area contributed by atoms with Crippen molar-refractivity contribution in [3.63, 3.8) is 0 Å². The van der Waals surface area contributed by atoms with Gasteiger partial charge in [-0.25, -0.2) is 14.6 Å². The lowest BCUT2D eigenvalue weighted by Crippen LogP contribution is -2.11. The van der Waals surface area contributed by atoms with Crippen molar-refractivity contribution in [2.24, 2.45) is 0 Å². The Morgan fingerprint density at radius 2 is 2.00 bits per heavy atom. The maximum Gasteiger partial charge on any atom is 0.366 e. The molecule has 7 nitrogen and oxygen atoms in total. The Hall–Kier alpha value is -3.39. The van der Waals surface area contributed by atoms with Gasteiger partial charge < -0.3 is 18.6 Å². The van der Waals surface area contributed by atoms with E-state index in [0.29, 0.717) is 23.0 Å². The average Bonchev–Trinajstić information content (AvgIpc) is 3.36. The number of rotatable bonds is 6. The topological polar surface area (TPSA) is 87.9 Å². The Morgan fingerprint density at radius 1 is 1.18 bits per heavy atom. The summed E-state index contributed by atoms with van der Waals surface area (Å²) in [6, 6.07) is 8.61. The quantitative estimate of drug-likeness (QED) is 0.350. The predicted molar refractivity (Wildman–Crippen MR) is 104 cm³/mol. The molecule has 0 atom stereocenters. The van der Waals surface area contributed by atoms with Crippen LogP contribution in [0.1, 0.15) is 21.8 Å². The molecule has 0 aliphatic rings. The molecule has 2 heterocycles. The smallest absolute Gasteiger partial charge is 0.366 e. The fraction of sp³-hybridized carbons (Fsp3) is 0.150. The predicted octanol–water partition coefficient (Wildman–Crippen LogP) is 4.13. The van der Waals surface area contributed by atoms with Gasteiger partial charge in [-0.05, 0) is 42.1 Å². The largest absolute Gasteiger partial charge is 0.493 e. The molecule has 3 aromatic rings. The van der Waals surface area contributed by atoms with Gasteiger partial charge in [-0.3, -0.25) is 0 Å². The lowest BCUT2D eigenvalue weighted by molar-refractivity contribution is -0.134. The first-order chi connectivity index (χ1) is 13.5. The number of carbonyl (C=O) groups is 2. The molecule has 0 aliphatic carbocycles.